The Kier molecular flexibility index (Phi) is 2.80. The lowest BCUT2D eigenvalue weighted by atomic mass is 10.2. The third-order valence-electron chi connectivity index (χ3n) is 1.76. The molecule has 1 fully saturated rings. The molecule has 80 valence electrons. The van der Waals surface area contributed by atoms with Gasteiger partial charge in [-0.25, -0.2) is 4.79 Å². The number of rotatable bonds is 0. The lowest BCUT2D eigenvalue weighted by molar-refractivity contribution is -0.123. The van der Waals surface area contributed by atoms with Crippen LogP contribution in [0.15, 0.2) is 0 Å². The number of hydrogen-bond donors (Lipinski definition) is 1. The van der Waals surface area contributed by atoms with Crippen LogP contribution in [0.25, 0.3) is 0 Å². The monoisotopic (exact) mass is 201 g/mol. The maximum Gasteiger partial charge on any atom is 0.410 e. The number of amides is 1. The van der Waals surface area contributed by atoms with Crippen LogP contribution in [0, 0.1) is 0 Å². The van der Waals surface area contributed by atoms with E-state index in [4.69, 9.17) is 9.84 Å². The van der Waals surface area contributed by atoms with Gasteiger partial charge in [-0.1, -0.05) is 0 Å². The lowest BCUT2D eigenvalue weighted by Gasteiger charge is -2.23. The summed E-state index contributed by atoms with van der Waals surface area (Å²) in [6.07, 6.45) is -1.61. The highest BCUT2D eigenvalue weighted by molar-refractivity contribution is 5.90. The third-order valence-corrected chi connectivity index (χ3v) is 1.76. The summed E-state index contributed by atoms with van der Waals surface area (Å²) in [6.45, 7) is 5.22. The molecule has 0 aliphatic carbocycles. The topological polar surface area (TPSA) is 66.8 Å². The van der Waals surface area contributed by atoms with Gasteiger partial charge < -0.3 is 9.84 Å². The Morgan fingerprint density at radius 3 is 2.50 bits per heavy atom. The Balaban J connectivity index is 2.52. The first-order valence-corrected chi connectivity index (χ1v) is 4.48. The predicted octanol–water partition coefficient (Wildman–Crippen LogP) is 0.167. The third kappa shape index (κ3) is 2.70. The summed E-state index contributed by atoms with van der Waals surface area (Å²) in [5.41, 5.74) is -0.576. The fourth-order valence-electron chi connectivity index (χ4n) is 1.13. The van der Waals surface area contributed by atoms with Crippen LogP contribution in [0.5, 0.6) is 0 Å². The highest BCUT2D eigenvalue weighted by Gasteiger charge is 2.34. The summed E-state index contributed by atoms with van der Waals surface area (Å²) >= 11 is 0. The Morgan fingerprint density at radius 1 is 1.57 bits per heavy atom. The van der Waals surface area contributed by atoms with Crippen molar-refractivity contribution in [3.63, 3.8) is 0 Å². The molecule has 14 heavy (non-hydrogen) atoms. The molecule has 1 unspecified atom stereocenters. The summed E-state index contributed by atoms with van der Waals surface area (Å²) < 4.78 is 5.04. The molecule has 1 amide bonds. The van der Waals surface area contributed by atoms with Crippen molar-refractivity contribution in [2.45, 2.75) is 32.5 Å². The highest BCUT2D eigenvalue weighted by atomic mass is 16.6. The number of aliphatic hydroxyl groups is 1. The first-order chi connectivity index (χ1) is 6.29. The molecule has 1 aliphatic rings. The van der Waals surface area contributed by atoms with Crippen molar-refractivity contribution in [3.8, 4) is 0 Å². The van der Waals surface area contributed by atoms with Crippen LogP contribution >= 0.6 is 0 Å². The molecule has 0 spiro atoms. The Labute approximate surface area is 82.6 Å². The largest absolute Gasteiger partial charge is 0.444 e. The molecule has 1 heterocycles. The Morgan fingerprint density at radius 2 is 2.14 bits per heavy atom. The van der Waals surface area contributed by atoms with Crippen molar-refractivity contribution in [1.82, 2.24) is 4.90 Å². The number of β-amino-alcohol motifs (C(OH)–C–C–N with tert-alkyl or cyclic N) is 1. The maximum atomic E-state index is 11.4. The van der Waals surface area contributed by atoms with Crippen LogP contribution in [-0.4, -0.2) is 46.7 Å². The number of likely N-dealkylation sites (tertiary alicyclic amines) is 1. The molecule has 0 radical (unpaired) electrons. The van der Waals surface area contributed by atoms with Crippen LogP contribution in [0.2, 0.25) is 0 Å². The van der Waals surface area contributed by atoms with Crippen LogP contribution in [-0.2, 0) is 9.53 Å². The fourth-order valence-corrected chi connectivity index (χ4v) is 1.13. The average molecular weight is 201 g/mol. The first kappa shape index (κ1) is 11.0. The van der Waals surface area contributed by atoms with Crippen LogP contribution in [0.3, 0.4) is 0 Å². The van der Waals surface area contributed by atoms with Gasteiger partial charge in [-0.15, -0.1) is 0 Å². The maximum absolute atomic E-state index is 11.4. The molecule has 1 atom stereocenters. The van der Waals surface area contributed by atoms with Crippen molar-refractivity contribution in [2.24, 2.45) is 0 Å². The van der Waals surface area contributed by atoms with Gasteiger partial charge in [0.05, 0.1) is 13.1 Å². The highest BCUT2D eigenvalue weighted by Crippen LogP contribution is 2.13. The zero-order chi connectivity index (χ0) is 10.9. The lowest BCUT2D eigenvalue weighted by Crippen LogP contribution is -2.35. The molecular weight excluding hydrogens is 186 g/mol. The number of hydrogen-bond acceptors (Lipinski definition) is 4. The van der Waals surface area contributed by atoms with Gasteiger partial charge in [0.15, 0.2) is 5.78 Å². The van der Waals surface area contributed by atoms with Crippen LogP contribution in [0.1, 0.15) is 20.8 Å². The van der Waals surface area contributed by atoms with Crippen LogP contribution < -0.4 is 0 Å². The van der Waals surface area contributed by atoms with Crippen molar-refractivity contribution in [2.75, 3.05) is 13.1 Å². The van der Waals surface area contributed by atoms with Crippen molar-refractivity contribution in [3.05, 3.63) is 0 Å². The molecule has 0 aromatic heterocycles. The second-order valence-electron chi connectivity index (χ2n) is 4.34. The molecule has 1 aliphatic heterocycles. The van der Waals surface area contributed by atoms with Gasteiger partial charge in [-0.3, -0.25) is 9.69 Å². The van der Waals surface area contributed by atoms with Crippen molar-refractivity contribution < 1.29 is 19.4 Å². The van der Waals surface area contributed by atoms with Gasteiger partial charge in [-0.2, -0.15) is 0 Å². The van der Waals surface area contributed by atoms with E-state index < -0.39 is 17.8 Å². The van der Waals surface area contributed by atoms with E-state index in [-0.39, 0.29) is 18.9 Å². The number of ether oxygens (including phenoxy) is 1. The standard InChI is InChI=1S/C9H15NO4/c1-9(2,3)14-8(13)10-4-6(11)7(12)5-10/h6,11H,4-5H2,1-3H3. The van der Waals surface area contributed by atoms with Crippen LogP contribution in [0.4, 0.5) is 4.79 Å². The van der Waals surface area contributed by atoms with E-state index in [9.17, 15) is 9.59 Å². The molecule has 1 saturated heterocycles. The number of nitrogens with zero attached hydrogens (tertiary/aromatic N) is 1. The minimum Gasteiger partial charge on any atom is -0.444 e. The predicted molar refractivity (Wildman–Crippen MR) is 48.8 cm³/mol. The molecular formula is C9H15NO4. The Bertz CT molecular complexity index is 256. The average Bonchev–Trinajstić information content (AvgIpc) is 2.28. The number of Topliss-reactive ketones (excluding diaryl/α,β-unsaturated/α-hetero) is 1. The SMILES string of the molecule is CC(C)(C)OC(=O)N1CC(=O)C(O)C1. The zero-order valence-corrected chi connectivity index (χ0v) is 8.61. The minimum absolute atomic E-state index is 0.0355. The van der Waals surface area contributed by atoms with E-state index in [1.807, 2.05) is 0 Å². The normalized spacial score (nSPS) is 22.7. The first-order valence-electron chi connectivity index (χ1n) is 4.48. The smallest absolute Gasteiger partial charge is 0.410 e. The quantitative estimate of drug-likeness (QED) is 0.606. The van der Waals surface area contributed by atoms with E-state index in [0.717, 1.165) is 0 Å². The fraction of sp³-hybridized carbons (Fsp3) is 0.778. The summed E-state index contributed by atoms with van der Waals surface area (Å²) in [4.78, 5) is 23.6. The molecule has 1 N–H and O–H groups in total. The summed E-state index contributed by atoms with van der Waals surface area (Å²) in [5.74, 6) is -0.337. The van der Waals surface area contributed by atoms with E-state index in [1.54, 1.807) is 20.8 Å². The number of ketones is 1. The van der Waals surface area contributed by atoms with E-state index in [0.29, 0.717) is 0 Å². The molecule has 5 heteroatoms. The molecule has 5 nitrogen and oxygen atoms in total. The second kappa shape index (κ2) is 3.57. The zero-order valence-electron chi connectivity index (χ0n) is 8.61. The van der Waals surface area contributed by atoms with E-state index in [1.165, 1.54) is 4.90 Å². The van der Waals surface area contributed by atoms with Crippen molar-refractivity contribution >= 4 is 11.9 Å². The number of carbonyl (C=O) groups excluding carboxylic acids is 2. The molecule has 1 rings (SSSR count). The van der Waals surface area contributed by atoms with Gasteiger partial charge >= 0.3 is 6.09 Å². The molecule has 0 aromatic carbocycles. The van der Waals surface area contributed by atoms with Gasteiger partial charge in [0.1, 0.15) is 11.7 Å². The van der Waals surface area contributed by atoms with E-state index in [2.05, 4.69) is 0 Å². The van der Waals surface area contributed by atoms with Gasteiger partial charge in [0.25, 0.3) is 0 Å². The minimum atomic E-state index is -1.05. The Hall–Kier alpha value is -1.10. The number of carbonyl (C=O) groups is 2. The van der Waals surface area contributed by atoms with E-state index >= 15 is 0 Å². The summed E-state index contributed by atoms with van der Waals surface area (Å²) in [7, 11) is 0. The molecule has 0 saturated carbocycles. The van der Waals surface area contributed by atoms with Crippen molar-refractivity contribution in [1.29, 1.82) is 0 Å². The van der Waals surface area contributed by atoms with Gasteiger partial charge in [0.2, 0.25) is 0 Å². The summed E-state index contributed by atoms with van der Waals surface area (Å²) in [5, 5.41) is 9.12. The van der Waals surface area contributed by atoms with Gasteiger partial charge in [0, 0.05) is 0 Å². The summed E-state index contributed by atoms with van der Waals surface area (Å²) in [6, 6.07) is 0. The number of aliphatic hydroxyl groups excluding tert-OH is 1. The molecule has 0 aromatic rings. The van der Waals surface area contributed by atoms with Gasteiger partial charge in [-0.05, 0) is 20.8 Å². The second-order valence-corrected chi connectivity index (χ2v) is 4.34. The molecule has 0 bridgehead atoms.